The molecule has 0 aliphatic carbocycles. The van der Waals surface area contributed by atoms with Gasteiger partial charge in [-0.05, 0) is 26.8 Å². The van der Waals surface area contributed by atoms with Crippen LogP contribution in [0.5, 0.6) is 0 Å². The summed E-state index contributed by atoms with van der Waals surface area (Å²) in [6, 6.07) is 0.569. The predicted molar refractivity (Wildman–Crippen MR) is 89.4 cm³/mol. The fraction of sp³-hybridized carbons (Fsp3) is 0.800. The van der Waals surface area contributed by atoms with E-state index in [-0.39, 0.29) is 12.1 Å². The highest BCUT2D eigenvalue weighted by Gasteiger charge is 2.19. The lowest BCUT2D eigenvalue weighted by molar-refractivity contribution is 0.171. The maximum atomic E-state index is 5.28. The molecule has 1 heterocycles. The number of thiazole rings is 1. The van der Waals surface area contributed by atoms with Gasteiger partial charge in [-0.25, -0.2) is 4.98 Å². The minimum absolute atomic E-state index is 0.281. The van der Waals surface area contributed by atoms with Crippen molar-refractivity contribution in [3.8, 4) is 0 Å². The molecule has 0 aromatic carbocycles. The van der Waals surface area contributed by atoms with Crippen molar-refractivity contribution in [1.82, 2.24) is 10.3 Å². The van der Waals surface area contributed by atoms with E-state index in [0.29, 0.717) is 13.2 Å². The van der Waals surface area contributed by atoms with Crippen LogP contribution in [0.4, 0.5) is 5.13 Å². The minimum Gasteiger partial charge on any atom is -0.383 e. The van der Waals surface area contributed by atoms with Crippen LogP contribution >= 0.6 is 11.3 Å². The molecule has 0 saturated heterocycles. The zero-order valence-corrected chi connectivity index (χ0v) is 14.7. The van der Waals surface area contributed by atoms with Crippen LogP contribution in [0.25, 0.3) is 0 Å². The van der Waals surface area contributed by atoms with E-state index in [9.17, 15) is 0 Å². The van der Waals surface area contributed by atoms with Crippen LogP contribution < -0.4 is 10.2 Å². The van der Waals surface area contributed by atoms with Crippen LogP contribution in [0.3, 0.4) is 0 Å². The van der Waals surface area contributed by atoms with E-state index in [0.717, 1.165) is 30.3 Å². The Kier molecular flexibility index (Phi) is 8.84. The molecule has 0 amide bonds. The molecule has 0 radical (unpaired) electrons. The van der Waals surface area contributed by atoms with Gasteiger partial charge in [0.1, 0.15) is 0 Å². The summed E-state index contributed by atoms with van der Waals surface area (Å²) in [6.07, 6.45) is 1.13. The number of rotatable bonds is 11. The van der Waals surface area contributed by atoms with Gasteiger partial charge in [-0.1, -0.05) is 6.92 Å². The summed E-state index contributed by atoms with van der Waals surface area (Å²) >= 11 is 1.69. The normalized spacial score (nSPS) is 14.1. The first-order chi connectivity index (χ1) is 10.1. The first-order valence-corrected chi connectivity index (χ1v) is 8.45. The number of hydrogen-bond acceptors (Lipinski definition) is 6. The molecule has 21 heavy (non-hydrogen) atoms. The fourth-order valence-corrected chi connectivity index (χ4v) is 3.15. The summed E-state index contributed by atoms with van der Waals surface area (Å²) in [5.41, 5.74) is 1.11. The molecule has 0 fully saturated rings. The Bertz CT molecular complexity index is 387. The van der Waals surface area contributed by atoms with Crippen molar-refractivity contribution in [2.75, 3.05) is 45.4 Å². The lowest BCUT2D eigenvalue weighted by Gasteiger charge is -2.28. The van der Waals surface area contributed by atoms with Crippen molar-refractivity contribution >= 4 is 16.5 Å². The molecule has 0 saturated carbocycles. The van der Waals surface area contributed by atoms with Gasteiger partial charge < -0.3 is 19.7 Å². The second-order valence-electron chi connectivity index (χ2n) is 5.22. The van der Waals surface area contributed by atoms with Gasteiger partial charge in [-0.3, -0.25) is 0 Å². The summed E-state index contributed by atoms with van der Waals surface area (Å²) in [5.74, 6) is 0. The first-order valence-electron chi connectivity index (χ1n) is 7.57. The van der Waals surface area contributed by atoms with Crippen LogP contribution in [0.1, 0.15) is 38.9 Å². The van der Waals surface area contributed by atoms with Gasteiger partial charge in [-0.2, -0.15) is 0 Å². The largest absolute Gasteiger partial charge is 0.383 e. The highest BCUT2D eigenvalue weighted by molar-refractivity contribution is 7.13. The van der Waals surface area contributed by atoms with E-state index in [1.807, 2.05) is 0 Å². The van der Waals surface area contributed by atoms with Gasteiger partial charge in [0.05, 0.1) is 24.9 Å². The lowest BCUT2D eigenvalue weighted by atomic mass is 10.2. The minimum atomic E-state index is 0.281. The summed E-state index contributed by atoms with van der Waals surface area (Å²) in [6.45, 7) is 9.69. The summed E-state index contributed by atoms with van der Waals surface area (Å²) in [4.78, 5) is 7.05. The van der Waals surface area contributed by atoms with Crippen molar-refractivity contribution in [3.05, 3.63) is 11.1 Å². The van der Waals surface area contributed by atoms with Crippen LogP contribution in [0.2, 0.25) is 0 Å². The Balaban J connectivity index is 2.75. The molecular formula is C15H29N3O2S. The number of methoxy groups -OCH3 is 2. The smallest absolute Gasteiger partial charge is 0.185 e. The number of ether oxygens (including phenoxy) is 2. The van der Waals surface area contributed by atoms with Crippen molar-refractivity contribution in [1.29, 1.82) is 0 Å². The van der Waals surface area contributed by atoms with E-state index in [2.05, 4.69) is 36.4 Å². The number of anilines is 1. The molecule has 0 spiro atoms. The summed E-state index contributed by atoms with van der Waals surface area (Å²) in [7, 11) is 3.46. The van der Waals surface area contributed by atoms with Gasteiger partial charge in [0.2, 0.25) is 0 Å². The highest BCUT2D eigenvalue weighted by Crippen LogP contribution is 2.25. The third-order valence-electron chi connectivity index (χ3n) is 3.38. The first kappa shape index (κ1) is 18.4. The van der Waals surface area contributed by atoms with Gasteiger partial charge >= 0.3 is 0 Å². The molecule has 2 unspecified atom stereocenters. The second-order valence-corrected chi connectivity index (χ2v) is 6.06. The van der Waals surface area contributed by atoms with E-state index in [1.165, 1.54) is 0 Å². The van der Waals surface area contributed by atoms with Crippen LogP contribution in [0.15, 0.2) is 5.38 Å². The Labute approximate surface area is 132 Å². The third-order valence-corrected chi connectivity index (χ3v) is 4.27. The lowest BCUT2D eigenvalue weighted by Crippen LogP contribution is -2.38. The molecule has 0 aliphatic rings. The number of aromatic nitrogens is 1. The molecule has 1 N–H and O–H groups in total. The topological polar surface area (TPSA) is 46.6 Å². The summed E-state index contributed by atoms with van der Waals surface area (Å²) < 4.78 is 10.5. The number of nitrogens with zero attached hydrogens (tertiary/aromatic N) is 2. The monoisotopic (exact) mass is 315 g/mol. The molecule has 0 aliphatic heterocycles. The second kappa shape index (κ2) is 10.1. The van der Waals surface area contributed by atoms with E-state index in [4.69, 9.17) is 14.5 Å². The molecule has 1 aromatic heterocycles. The molecule has 122 valence electrons. The quantitative estimate of drug-likeness (QED) is 0.680. The van der Waals surface area contributed by atoms with E-state index >= 15 is 0 Å². The van der Waals surface area contributed by atoms with Crippen LogP contribution in [-0.4, -0.2) is 51.5 Å². The highest BCUT2D eigenvalue weighted by atomic mass is 32.1. The Morgan fingerprint density at radius 2 is 2.10 bits per heavy atom. The average Bonchev–Trinajstić information content (AvgIpc) is 2.95. The molecule has 1 rings (SSSR count). The maximum absolute atomic E-state index is 5.28. The maximum Gasteiger partial charge on any atom is 0.185 e. The molecule has 2 atom stereocenters. The fourth-order valence-electron chi connectivity index (χ4n) is 2.10. The molecule has 6 heteroatoms. The van der Waals surface area contributed by atoms with Gasteiger partial charge in [0, 0.05) is 32.2 Å². The SMILES string of the molecule is CCCNC(C)c1csc(N(CCOC)C(C)COC)n1. The number of hydrogen-bond donors (Lipinski definition) is 1. The van der Waals surface area contributed by atoms with Crippen molar-refractivity contribution < 1.29 is 9.47 Å². The zero-order chi connectivity index (χ0) is 15.7. The number of nitrogens with one attached hydrogen (secondary N) is 1. The molecule has 5 nitrogen and oxygen atoms in total. The van der Waals surface area contributed by atoms with E-state index in [1.54, 1.807) is 25.6 Å². The van der Waals surface area contributed by atoms with E-state index < -0.39 is 0 Å². The molecule has 0 bridgehead atoms. The van der Waals surface area contributed by atoms with Crippen molar-refractivity contribution in [3.63, 3.8) is 0 Å². The Morgan fingerprint density at radius 3 is 2.71 bits per heavy atom. The zero-order valence-electron chi connectivity index (χ0n) is 13.9. The van der Waals surface area contributed by atoms with Crippen molar-refractivity contribution in [2.24, 2.45) is 0 Å². The Morgan fingerprint density at radius 1 is 1.33 bits per heavy atom. The Hall–Kier alpha value is -0.690. The predicted octanol–water partition coefficient (Wildman–Crippen LogP) is 2.69. The molecule has 1 aromatic rings. The standard InChI is InChI=1S/C15H29N3O2S/c1-6-7-16-13(3)14-11-21-15(17-14)18(8-9-19-4)12(2)10-20-5/h11-13,16H,6-10H2,1-5H3. The van der Waals surface area contributed by atoms with Crippen LogP contribution in [-0.2, 0) is 9.47 Å². The summed E-state index contributed by atoms with van der Waals surface area (Å²) in [5, 5.41) is 6.65. The van der Waals surface area contributed by atoms with Crippen LogP contribution in [0, 0.1) is 0 Å². The van der Waals surface area contributed by atoms with Crippen molar-refractivity contribution in [2.45, 2.75) is 39.3 Å². The molecular weight excluding hydrogens is 286 g/mol. The van der Waals surface area contributed by atoms with Gasteiger partial charge in [0.15, 0.2) is 5.13 Å². The van der Waals surface area contributed by atoms with Gasteiger partial charge in [0.25, 0.3) is 0 Å². The third kappa shape index (κ3) is 5.90. The average molecular weight is 315 g/mol. The van der Waals surface area contributed by atoms with Gasteiger partial charge in [-0.15, -0.1) is 11.3 Å².